The van der Waals surface area contributed by atoms with Gasteiger partial charge in [0.15, 0.2) is 5.11 Å². The Bertz CT molecular complexity index is 1190. The molecule has 6 heteroatoms. The number of benzene rings is 1. The Morgan fingerprint density at radius 1 is 0.938 bits per heavy atom. The van der Waals surface area contributed by atoms with Gasteiger partial charge >= 0.3 is 0 Å². The van der Waals surface area contributed by atoms with Crippen LogP contribution < -0.4 is 10.2 Å². The van der Waals surface area contributed by atoms with Crippen molar-refractivity contribution in [1.29, 1.82) is 0 Å². The van der Waals surface area contributed by atoms with Crippen LogP contribution in [0.2, 0.25) is 0 Å². The highest BCUT2D eigenvalue weighted by atomic mass is 32.1. The first kappa shape index (κ1) is 20.4. The monoisotopic (exact) mass is 439 g/mol. The zero-order valence-corrected chi connectivity index (χ0v) is 18.7. The molecule has 3 aromatic heterocycles. The minimum atomic E-state index is -0.0582. The summed E-state index contributed by atoms with van der Waals surface area (Å²) in [5.74, 6) is 0. The van der Waals surface area contributed by atoms with Crippen LogP contribution in [-0.4, -0.2) is 19.6 Å². The molecule has 0 radical (unpaired) electrons. The van der Waals surface area contributed by atoms with E-state index >= 15 is 0 Å². The third-order valence-corrected chi connectivity index (χ3v) is 6.28. The van der Waals surface area contributed by atoms with Gasteiger partial charge in [-0.3, -0.25) is 9.97 Å². The van der Waals surface area contributed by atoms with E-state index < -0.39 is 0 Å². The summed E-state index contributed by atoms with van der Waals surface area (Å²) in [6.07, 6.45) is 8.69. The van der Waals surface area contributed by atoms with Crippen molar-refractivity contribution in [1.82, 2.24) is 19.9 Å². The molecule has 1 saturated heterocycles. The van der Waals surface area contributed by atoms with E-state index in [1.165, 1.54) is 11.3 Å². The van der Waals surface area contributed by atoms with Gasteiger partial charge in [0.1, 0.15) is 6.04 Å². The van der Waals surface area contributed by atoms with Gasteiger partial charge in [0.25, 0.3) is 0 Å². The Kier molecular flexibility index (Phi) is 5.69. The van der Waals surface area contributed by atoms with Crippen molar-refractivity contribution in [3.63, 3.8) is 0 Å². The molecule has 4 heterocycles. The number of thiocarbonyl (C=S) groups is 1. The van der Waals surface area contributed by atoms with Gasteiger partial charge in [0.2, 0.25) is 0 Å². The van der Waals surface area contributed by atoms with Crippen LogP contribution in [0.1, 0.15) is 41.5 Å². The number of anilines is 1. The SMILES string of the molecule is CCc1ccc(N2C(=S)N[C@@H](c3ccccn3)[C@H]2c2cccn2Cc2cccnc2)cc1. The molecular formula is C26H25N5S. The van der Waals surface area contributed by atoms with Gasteiger partial charge in [-0.2, -0.15) is 0 Å². The van der Waals surface area contributed by atoms with E-state index in [9.17, 15) is 0 Å². The zero-order valence-electron chi connectivity index (χ0n) is 17.9. The Morgan fingerprint density at radius 2 is 1.81 bits per heavy atom. The number of pyridine rings is 2. The lowest BCUT2D eigenvalue weighted by Crippen LogP contribution is -2.30. The quantitative estimate of drug-likeness (QED) is 0.425. The molecule has 0 saturated carbocycles. The Balaban J connectivity index is 1.59. The van der Waals surface area contributed by atoms with E-state index in [-0.39, 0.29) is 12.1 Å². The van der Waals surface area contributed by atoms with Crippen molar-refractivity contribution in [3.8, 4) is 0 Å². The predicted molar refractivity (Wildman–Crippen MR) is 132 cm³/mol. The van der Waals surface area contributed by atoms with Crippen molar-refractivity contribution in [3.05, 3.63) is 114 Å². The van der Waals surface area contributed by atoms with Crippen LogP contribution in [0.5, 0.6) is 0 Å². The highest BCUT2D eigenvalue weighted by Gasteiger charge is 2.41. The highest BCUT2D eigenvalue weighted by Crippen LogP contribution is 2.41. The number of aromatic nitrogens is 3. The van der Waals surface area contributed by atoms with Crippen LogP contribution in [0, 0.1) is 0 Å². The van der Waals surface area contributed by atoms with Gasteiger partial charge in [-0.15, -0.1) is 0 Å². The third-order valence-electron chi connectivity index (χ3n) is 5.96. The highest BCUT2D eigenvalue weighted by molar-refractivity contribution is 7.80. The second kappa shape index (κ2) is 8.93. The summed E-state index contributed by atoms with van der Waals surface area (Å²) in [6.45, 7) is 2.92. The fourth-order valence-corrected chi connectivity index (χ4v) is 4.70. The van der Waals surface area contributed by atoms with E-state index in [0.717, 1.165) is 29.9 Å². The van der Waals surface area contributed by atoms with Gasteiger partial charge in [0.05, 0.1) is 11.7 Å². The third kappa shape index (κ3) is 3.89. The average Bonchev–Trinajstić information content (AvgIpc) is 3.44. The van der Waals surface area contributed by atoms with Gasteiger partial charge in [-0.05, 0) is 72.2 Å². The van der Waals surface area contributed by atoms with Crippen LogP contribution in [0.3, 0.4) is 0 Å². The maximum Gasteiger partial charge on any atom is 0.174 e. The largest absolute Gasteiger partial charge is 0.351 e. The topological polar surface area (TPSA) is 46.0 Å². The first-order valence-corrected chi connectivity index (χ1v) is 11.3. The molecule has 160 valence electrons. The first-order chi connectivity index (χ1) is 15.7. The van der Waals surface area contributed by atoms with Crippen LogP contribution in [0.15, 0.2) is 91.5 Å². The number of hydrogen-bond acceptors (Lipinski definition) is 3. The molecule has 0 amide bonds. The van der Waals surface area contributed by atoms with Gasteiger partial charge in [-0.1, -0.05) is 31.2 Å². The molecule has 32 heavy (non-hydrogen) atoms. The second-order valence-electron chi connectivity index (χ2n) is 7.94. The van der Waals surface area contributed by atoms with E-state index in [4.69, 9.17) is 12.2 Å². The lowest BCUT2D eigenvalue weighted by molar-refractivity contribution is 0.533. The first-order valence-electron chi connectivity index (χ1n) is 10.9. The molecule has 1 aromatic carbocycles. The summed E-state index contributed by atoms with van der Waals surface area (Å²) >= 11 is 5.85. The molecule has 2 atom stereocenters. The van der Waals surface area contributed by atoms with E-state index in [0.29, 0.717) is 5.11 Å². The molecule has 0 spiro atoms. The standard InChI is InChI=1S/C26H25N5S/c1-2-19-10-12-21(13-11-19)31-25(24(29-26(31)32)22-8-3-4-15-28-22)23-9-6-16-30(23)18-20-7-5-14-27-17-20/h3-17,24-25H,2,18H2,1H3,(H,29,32)/t24-,25+/m0/s1. The van der Waals surface area contributed by atoms with Gasteiger partial charge < -0.3 is 14.8 Å². The summed E-state index contributed by atoms with van der Waals surface area (Å²) in [4.78, 5) is 11.2. The number of rotatable bonds is 6. The molecule has 5 nitrogen and oxygen atoms in total. The van der Waals surface area contributed by atoms with Gasteiger partial charge in [-0.25, -0.2) is 0 Å². The lowest BCUT2D eigenvalue weighted by Gasteiger charge is -2.29. The van der Waals surface area contributed by atoms with Crippen molar-refractivity contribution in [2.45, 2.75) is 32.0 Å². The zero-order chi connectivity index (χ0) is 21.9. The molecule has 1 aliphatic rings. The van der Waals surface area contributed by atoms with E-state index in [2.05, 4.69) is 86.4 Å². The van der Waals surface area contributed by atoms with Crippen LogP contribution >= 0.6 is 12.2 Å². The van der Waals surface area contributed by atoms with E-state index in [1.54, 1.807) is 6.20 Å². The van der Waals surface area contributed by atoms with Crippen LogP contribution in [0.25, 0.3) is 0 Å². The molecule has 1 aliphatic heterocycles. The molecule has 0 bridgehead atoms. The summed E-state index contributed by atoms with van der Waals surface area (Å²) in [5.41, 5.74) is 5.70. The van der Waals surface area contributed by atoms with E-state index in [1.807, 2.05) is 30.6 Å². The molecular weight excluding hydrogens is 414 g/mol. The van der Waals surface area contributed by atoms with Crippen LogP contribution in [-0.2, 0) is 13.0 Å². The molecule has 5 rings (SSSR count). The summed E-state index contributed by atoms with van der Waals surface area (Å²) in [5, 5.41) is 4.26. The molecule has 0 unspecified atom stereocenters. The Labute approximate surface area is 193 Å². The molecule has 4 aromatic rings. The molecule has 1 fully saturated rings. The Morgan fingerprint density at radius 3 is 2.53 bits per heavy atom. The molecule has 0 aliphatic carbocycles. The maximum atomic E-state index is 5.85. The van der Waals surface area contributed by atoms with Crippen molar-refractivity contribution < 1.29 is 0 Å². The lowest BCUT2D eigenvalue weighted by atomic mass is 10.0. The number of nitrogens with zero attached hydrogens (tertiary/aromatic N) is 4. The number of nitrogens with one attached hydrogen (secondary N) is 1. The Hall–Kier alpha value is -3.51. The van der Waals surface area contributed by atoms with Crippen molar-refractivity contribution in [2.75, 3.05) is 4.90 Å². The minimum Gasteiger partial charge on any atom is -0.351 e. The smallest absolute Gasteiger partial charge is 0.174 e. The second-order valence-corrected chi connectivity index (χ2v) is 8.33. The summed E-state index contributed by atoms with van der Waals surface area (Å²) < 4.78 is 2.28. The average molecular weight is 440 g/mol. The minimum absolute atomic E-state index is 0.0310. The van der Waals surface area contributed by atoms with Crippen LogP contribution in [0.4, 0.5) is 5.69 Å². The fraction of sp³-hybridized carbons (Fsp3) is 0.192. The fourth-order valence-electron chi connectivity index (χ4n) is 4.35. The summed E-state index contributed by atoms with van der Waals surface area (Å²) in [6, 6.07) is 23.0. The predicted octanol–water partition coefficient (Wildman–Crippen LogP) is 5.07. The number of hydrogen-bond donors (Lipinski definition) is 1. The maximum absolute atomic E-state index is 5.85. The number of aryl methyl sites for hydroxylation is 1. The van der Waals surface area contributed by atoms with Gasteiger partial charge in [0, 0.05) is 42.7 Å². The summed E-state index contributed by atoms with van der Waals surface area (Å²) in [7, 11) is 0. The normalized spacial score (nSPS) is 18.0. The molecule has 1 N–H and O–H groups in total. The van der Waals surface area contributed by atoms with Crippen molar-refractivity contribution >= 4 is 23.0 Å². The van der Waals surface area contributed by atoms with Crippen molar-refractivity contribution in [2.24, 2.45) is 0 Å².